The number of quaternary nitrogens is 1. The second kappa shape index (κ2) is 62.8. The molecule has 3 atom stereocenters. The van der Waals surface area contributed by atoms with Crippen LogP contribution < -0.4 is 10.2 Å². The highest BCUT2D eigenvalue weighted by molar-refractivity contribution is 7.45. The predicted octanol–water partition coefficient (Wildman–Crippen LogP) is 21.9. The number of esters is 1. The molecule has 0 rings (SSSR count). The smallest absolute Gasteiger partial charge is 0.306 e. The quantitative estimate of drug-likeness (QED) is 0.0212. The fourth-order valence-corrected chi connectivity index (χ4v) is 11.2. The van der Waals surface area contributed by atoms with Crippen LogP contribution in [0.3, 0.4) is 0 Å². The Bertz CT molecular complexity index is 1600. The van der Waals surface area contributed by atoms with Crippen LogP contribution in [0.5, 0.6) is 0 Å². The van der Waals surface area contributed by atoms with Gasteiger partial charge in [-0.2, -0.15) is 0 Å². The van der Waals surface area contributed by atoms with Gasteiger partial charge in [0.15, 0.2) is 0 Å². The van der Waals surface area contributed by atoms with E-state index in [4.69, 9.17) is 13.8 Å². The van der Waals surface area contributed by atoms with Crippen LogP contribution in [0.1, 0.15) is 342 Å². The molecule has 0 spiro atoms. The lowest BCUT2D eigenvalue weighted by Gasteiger charge is -2.30. The van der Waals surface area contributed by atoms with Gasteiger partial charge in [-0.05, 0) is 76.7 Å². The number of unbranched alkanes of at least 4 members (excludes halogenated alkanes) is 41. The van der Waals surface area contributed by atoms with Gasteiger partial charge in [0, 0.05) is 12.8 Å². The molecule has 9 nitrogen and oxygen atoms in total. The summed E-state index contributed by atoms with van der Waals surface area (Å²) in [5.41, 5.74) is 0. The van der Waals surface area contributed by atoms with Crippen molar-refractivity contribution in [3.05, 3.63) is 60.8 Å². The number of allylic oxidation sites excluding steroid dienone is 9. The number of ether oxygens (including phenoxy) is 1. The highest BCUT2D eigenvalue weighted by Crippen LogP contribution is 2.38. The lowest BCUT2D eigenvalue weighted by Crippen LogP contribution is -2.47. The number of hydrogen-bond acceptors (Lipinski definition) is 7. The Kier molecular flexibility index (Phi) is 61.0. The molecule has 0 saturated carbocycles. The van der Waals surface area contributed by atoms with Gasteiger partial charge in [-0.25, -0.2) is 0 Å². The molecule has 0 saturated heterocycles. The Morgan fingerprint density at radius 3 is 1.12 bits per heavy atom. The lowest BCUT2D eigenvalue weighted by atomic mass is 10.0. The van der Waals surface area contributed by atoms with Crippen molar-refractivity contribution in [2.45, 2.75) is 354 Å². The van der Waals surface area contributed by atoms with Crippen LogP contribution in [0.4, 0.5) is 0 Å². The zero-order valence-corrected chi connectivity index (χ0v) is 56.6. The highest BCUT2D eigenvalue weighted by atomic mass is 31.2. The van der Waals surface area contributed by atoms with E-state index >= 15 is 0 Å². The Hall–Kier alpha value is -2.29. The number of nitrogens with zero attached hydrogens (tertiary/aromatic N) is 1. The minimum Gasteiger partial charge on any atom is -0.756 e. The number of carbonyl (C=O) groups is 2. The summed E-state index contributed by atoms with van der Waals surface area (Å²) in [6, 6.07) is -0.899. The summed E-state index contributed by atoms with van der Waals surface area (Å²) < 4.78 is 30.4. The van der Waals surface area contributed by atoms with Crippen molar-refractivity contribution in [2.75, 3.05) is 40.9 Å². The topological polar surface area (TPSA) is 114 Å². The molecule has 0 aromatic carbocycles. The maximum Gasteiger partial charge on any atom is 0.306 e. The Morgan fingerprint density at radius 1 is 0.422 bits per heavy atom. The van der Waals surface area contributed by atoms with E-state index in [0.717, 1.165) is 96.3 Å². The third kappa shape index (κ3) is 64.0. The Balaban J connectivity index is 5.03. The molecule has 10 heteroatoms. The fraction of sp³-hybridized carbons (Fsp3) is 0.836. The molecule has 1 N–H and O–H groups in total. The summed E-state index contributed by atoms with van der Waals surface area (Å²) in [5.74, 6) is -0.549. The predicted molar refractivity (Wildman–Crippen MR) is 358 cm³/mol. The average molecular weight is 1190 g/mol. The summed E-state index contributed by atoms with van der Waals surface area (Å²) in [6.45, 7) is 6.84. The zero-order valence-electron chi connectivity index (χ0n) is 55.7. The molecule has 486 valence electrons. The molecule has 83 heavy (non-hydrogen) atoms. The van der Waals surface area contributed by atoms with E-state index in [2.05, 4.69) is 74.7 Å². The van der Waals surface area contributed by atoms with Crippen LogP contribution in [-0.2, 0) is 27.9 Å². The van der Waals surface area contributed by atoms with Gasteiger partial charge in [0.2, 0.25) is 5.91 Å². The monoisotopic (exact) mass is 1190 g/mol. The van der Waals surface area contributed by atoms with E-state index in [0.29, 0.717) is 17.4 Å². The van der Waals surface area contributed by atoms with Crippen LogP contribution in [0, 0.1) is 0 Å². The van der Waals surface area contributed by atoms with Crippen molar-refractivity contribution in [3.63, 3.8) is 0 Å². The number of amides is 1. The summed E-state index contributed by atoms with van der Waals surface area (Å²) in [4.78, 5) is 40.1. The molecule has 0 aromatic rings. The summed E-state index contributed by atoms with van der Waals surface area (Å²) in [7, 11) is 1.18. The first-order valence-corrected chi connectivity index (χ1v) is 37.1. The van der Waals surface area contributed by atoms with Crippen LogP contribution in [-0.4, -0.2) is 69.4 Å². The SMILES string of the molecule is CCCCC/C=C\C/C=C\C/C=C\C/C=C\CCCCCCCC(=O)NC(COP(=O)([O-])OCC[N+](C)(C)C)C(/C=C/CCCCCCCCCCC)OC(=O)CCCCCCCCCCCCCCCCCCCCCCCCCCC. The van der Waals surface area contributed by atoms with Crippen molar-refractivity contribution < 1.29 is 37.3 Å². The molecule has 0 heterocycles. The standard InChI is InChI=1S/C73H137N2O7P/c1-7-10-13-16-19-22-25-27-29-31-33-35-36-37-38-40-42-44-46-48-51-54-57-60-63-66-73(77)82-71(64-61-58-55-52-49-24-21-18-15-12-9-3)70(69-81-83(78,79)80-68-67-75(4,5)6)74-72(76)65-62-59-56-53-50-47-45-43-41-39-34-32-30-28-26-23-20-17-14-11-8-2/h20,23,28,30,34,39,43,45,61,64,70-71H,7-19,21-22,24-27,29,31-33,35-38,40-42,44,46-60,62-63,65-69H2,1-6H3,(H-,74,76,78,79)/b23-20-,30-28-,39-34-,45-43-,64-61+. The minimum atomic E-state index is -4.71. The molecule has 0 aliphatic heterocycles. The molecule has 0 fully saturated rings. The van der Waals surface area contributed by atoms with Crippen LogP contribution in [0.2, 0.25) is 0 Å². The summed E-state index contributed by atoms with van der Waals surface area (Å²) in [5, 5.41) is 3.03. The van der Waals surface area contributed by atoms with E-state index in [1.807, 2.05) is 33.3 Å². The van der Waals surface area contributed by atoms with Gasteiger partial charge in [0.1, 0.15) is 19.3 Å². The number of hydrogen-bond donors (Lipinski definition) is 1. The van der Waals surface area contributed by atoms with Gasteiger partial charge in [0.05, 0.1) is 33.8 Å². The van der Waals surface area contributed by atoms with Crippen LogP contribution >= 0.6 is 7.82 Å². The first kappa shape index (κ1) is 80.7. The molecule has 0 aliphatic rings. The third-order valence-electron chi connectivity index (χ3n) is 16.0. The van der Waals surface area contributed by atoms with Gasteiger partial charge in [0.25, 0.3) is 7.82 Å². The van der Waals surface area contributed by atoms with Crippen LogP contribution in [0.15, 0.2) is 60.8 Å². The van der Waals surface area contributed by atoms with E-state index in [1.54, 1.807) is 0 Å². The zero-order chi connectivity index (χ0) is 60.7. The number of phosphoric acid groups is 1. The summed E-state index contributed by atoms with van der Waals surface area (Å²) in [6.07, 6.45) is 80.7. The minimum absolute atomic E-state index is 0.0263. The van der Waals surface area contributed by atoms with Crippen molar-refractivity contribution in [2.24, 2.45) is 0 Å². The average Bonchev–Trinajstić information content (AvgIpc) is 3.51. The Labute approximate surface area is 515 Å². The molecule has 0 bridgehead atoms. The second-order valence-electron chi connectivity index (χ2n) is 25.4. The lowest BCUT2D eigenvalue weighted by molar-refractivity contribution is -0.870. The molecule has 0 radical (unpaired) electrons. The number of nitrogens with one attached hydrogen (secondary N) is 1. The molecule has 0 aromatic heterocycles. The van der Waals surface area contributed by atoms with Crippen molar-refractivity contribution in [3.8, 4) is 0 Å². The first-order chi connectivity index (χ1) is 40.4. The van der Waals surface area contributed by atoms with Gasteiger partial charge in [-0.3, -0.25) is 14.2 Å². The molecule has 0 aliphatic carbocycles. The van der Waals surface area contributed by atoms with E-state index < -0.39 is 26.6 Å². The van der Waals surface area contributed by atoms with Gasteiger partial charge >= 0.3 is 5.97 Å². The van der Waals surface area contributed by atoms with E-state index in [1.165, 1.54) is 212 Å². The van der Waals surface area contributed by atoms with Crippen LogP contribution in [0.25, 0.3) is 0 Å². The second-order valence-corrected chi connectivity index (χ2v) is 26.8. The maximum absolute atomic E-state index is 13.6. The van der Waals surface area contributed by atoms with Gasteiger partial charge < -0.3 is 28.5 Å². The van der Waals surface area contributed by atoms with Crippen molar-refractivity contribution in [1.29, 1.82) is 0 Å². The van der Waals surface area contributed by atoms with E-state index in [9.17, 15) is 19.0 Å². The normalized spacial score (nSPS) is 13.9. The van der Waals surface area contributed by atoms with Crippen molar-refractivity contribution >= 4 is 19.7 Å². The molecule has 3 unspecified atom stereocenters. The molecule has 1 amide bonds. The van der Waals surface area contributed by atoms with Crippen molar-refractivity contribution in [1.82, 2.24) is 5.32 Å². The number of likely N-dealkylation sites (N-methyl/N-ethyl adjacent to an activating group) is 1. The summed E-state index contributed by atoms with van der Waals surface area (Å²) >= 11 is 0. The largest absolute Gasteiger partial charge is 0.756 e. The number of rotatable bonds is 65. The number of phosphoric ester groups is 1. The fourth-order valence-electron chi connectivity index (χ4n) is 10.4. The van der Waals surface area contributed by atoms with Gasteiger partial charge in [-0.1, -0.05) is 313 Å². The number of carbonyl (C=O) groups excluding carboxylic acids is 2. The maximum atomic E-state index is 13.6. The molecular formula is C73H137N2O7P. The van der Waals surface area contributed by atoms with Gasteiger partial charge in [-0.15, -0.1) is 0 Å². The first-order valence-electron chi connectivity index (χ1n) is 35.6. The highest BCUT2D eigenvalue weighted by Gasteiger charge is 2.27. The van der Waals surface area contributed by atoms with E-state index in [-0.39, 0.29) is 24.9 Å². The third-order valence-corrected chi connectivity index (χ3v) is 16.9. The Morgan fingerprint density at radius 2 is 0.735 bits per heavy atom. The molecular weight excluding hydrogens is 1050 g/mol.